The highest BCUT2D eigenvalue weighted by Crippen LogP contribution is 2.35. The van der Waals surface area contributed by atoms with Crippen LogP contribution in [0, 0.1) is 37.4 Å². The summed E-state index contributed by atoms with van der Waals surface area (Å²) in [4.78, 5) is 37.7. The van der Waals surface area contributed by atoms with Crippen molar-refractivity contribution in [3.8, 4) is 11.8 Å². The van der Waals surface area contributed by atoms with Gasteiger partial charge in [-0.2, -0.15) is 13.2 Å². The van der Waals surface area contributed by atoms with E-state index in [1.54, 1.807) is 13.8 Å². The predicted octanol–water partition coefficient (Wildman–Crippen LogP) is 5.00. The number of carbonyl (C=O) groups is 2. The molecule has 1 aliphatic carbocycles. The summed E-state index contributed by atoms with van der Waals surface area (Å²) in [5.41, 5.74) is 0.368. The van der Waals surface area contributed by atoms with E-state index in [-0.39, 0.29) is 35.2 Å². The zero-order chi connectivity index (χ0) is 31.6. The maximum atomic E-state index is 14.9. The number of nitrogens with zero attached hydrogens (tertiary/aromatic N) is 4. The average Bonchev–Trinajstić information content (AvgIpc) is 3.81. The first-order chi connectivity index (χ1) is 20.9. The lowest BCUT2D eigenvalue weighted by Gasteiger charge is -2.33. The summed E-state index contributed by atoms with van der Waals surface area (Å²) in [6.45, 7) is 6.28. The minimum Gasteiger partial charge on any atom is -0.322 e. The van der Waals surface area contributed by atoms with Gasteiger partial charge in [-0.25, -0.2) is 14.4 Å². The zero-order valence-corrected chi connectivity index (χ0v) is 24.6. The van der Waals surface area contributed by atoms with Crippen molar-refractivity contribution < 1.29 is 27.2 Å². The molecule has 0 atom stereocenters. The van der Waals surface area contributed by atoms with Crippen molar-refractivity contribution in [3.63, 3.8) is 0 Å². The Bertz CT molecular complexity index is 1650. The fourth-order valence-corrected chi connectivity index (χ4v) is 4.84. The molecule has 2 aliphatic rings. The second kappa shape index (κ2) is 12.7. The summed E-state index contributed by atoms with van der Waals surface area (Å²) < 4.78 is 56.8. The summed E-state index contributed by atoms with van der Waals surface area (Å²) in [6.07, 6.45) is -1.52. The molecular weight excluding hydrogens is 576 g/mol. The Morgan fingerprint density at radius 1 is 1.02 bits per heavy atom. The maximum absolute atomic E-state index is 14.9. The van der Waals surface area contributed by atoms with Gasteiger partial charge in [0.25, 0.3) is 5.91 Å². The second-order valence-corrected chi connectivity index (χ2v) is 11.3. The fraction of sp³-hybridized carbons (Fsp3) is 0.375. The Morgan fingerprint density at radius 3 is 2.41 bits per heavy atom. The number of hydrogen-bond donors (Lipinski definition) is 2. The van der Waals surface area contributed by atoms with Crippen LogP contribution < -0.4 is 10.6 Å². The lowest BCUT2D eigenvalue weighted by atomic mass is 10.0. The molecule has 2 aromatic carbocycles. The van der Waals surface area contributed by atoms with E-state index in [0.29, 0.717) is 41.4 Å². The number of hydrogen-bond acceptors (Lipinski definition) is 6. The van der Waals surface area contributed by atoms with Crippen LogP contribution in [0.4, 0.5) is 29.1 Å². The van der Waals surface area contributed by atoms with E-state index >= 15 is 0 Å². The Balaban J connectivity index is 1.33. The van der Waals surface area contributed by atoms with E-state index in [1.165, 1.54) is 24.4 Å². The van der Waals surface area contributed by atoms with Gasteiger partial charge in [-0.3, -0.25) is 14.5 Å². The Morgan fingerprint density at radius 2 is 1.75 bits per heavy atom. The normalized spacial score (nSPS) is 15.8. The van der Waals surface area contributed by atoms with Crippen LogP contribution in [0.2, 0.25) is 0 Å². The van der Waals surface area contributed by atoms with Gasteiger partial charge in [0.15, 0.2) is 5.82 Å². The van der Waals surface area contributed by atoms with Crippen molar-refractivity contribution in [1.29, 1.82) is 0 Å². The number of carbonyl (C=O) groups excluding carboxylic acids is 2. The molecule has 1 saturated heterocycles. The van der Waals surface area contributed by atoms with E-state index in [1.807, 2.05) is 11.9 Å². The molecular formula is C32H32F4N6O2. The van der Waals surface area contributed by atoms with Gasteiger partial charge in [0.1, 0.15) is 11.5 Å². The van der Waals surface area contributed by atoms with Crippen LogP contribution in [0.1, 0.15) is 56.8 Å². The number of piperazine rings is 1. The number of rotatable bonds is 6. The molecule has 2 fully saturated rings. The van der Waals surface area contributed by atoms with Gasteiger partial charge in [0, 0.05) is 49.9 Å². The summed E-state index contributed by atoms with van der Waals surface area (Å²) >= 11 is 0. The predicted molar refractivity (Wildman–Crippen MR) is 157 cm³/mol. The number of amides is 2. The minimum atomic E-state index is -4.64. The van der Waals surface area contributed by atoms with Crippen LogP contribution >= 0.6 is 0 Å². The first-order valence-corrected chi connectivity index (χ1v) is 14.3. The Hall–Kier alpha value is -4.34. The van der Waals surface area contributed by atoms with Crippen molar-refractivity contribution in [2.24, 2.45) is 5.92 Å². The van der Waals surface area contributed by atoms with Crippen LogP contribution in [-0.2, 0) is 17.5 Å². The third-order valence-electron chi connectivity index (χ3n) is 7.68. The fourth-order valence-electron chi connectivity index (χ4n) is 4.84. The monoisotopic (exact) mass is 608 g/mol. The summed E-state index contributed by atoms with van der Waals surface area (Å²) in [6, 6.07) is 6.03. The van der Waals surface area contributed by atoms with E-state index in [2.05, 4.69) is 37.3 Å². The molecule has 44 heavy (non-hydrogen) atoms. The van der Waals surface area contributed by atoms with Gasteiger partial charge in [0.05, 0.1) is 23.0 Å². The standard InChI is InChI=1S/C32H32F4N6O2/c1-19-14-28(33)26(15-22(19)6-9-25-17-37-29(20(2)38-25)40-30(43)21-4-5-21)31(44)39-24-8-7-23(27(16-24)32(34,35)36)18-42-12-10-41(3)11-13-42/h7-8,14-17,21H,4-5,10-13,18H2,1-3H3,(H,39,44)(H,37,40,43). The number of likely N-dealkylation sites (N-methyl/N-ethyl adjacent to an activating group) is 1. The number of benzene rings is 2. The largest absolute Gasteiger partial charge is 0.416 e. The molecule has 0 spiro atoms. The van der Waals surface area contributed by atoms with E-state index < -0.39 is 23.5 Å². The molecule has 2 heterocycles. The lowest BCUT2D eigenvalue weighted by Crippen LogP contribution is -2.44. The molecule has 0 radical (unpaired) electrons. The molecule has 0 bridgehead atoms. The van der Waals surface area contributed by atoms with Gasteiger partial charge < -0.3 is 15.5 Å². The highest BCUT2D eigenvalue weighted by atomic mass is 19.4. The number of alkyl halides is 3. The van der Waals surface area contributed by atoms with Gasteiger partial charge in [-0.1, -0.05) is 12.0 Å². The molecule has 5 rings (SSSR count). The number of anilines is 2. The summed E-state index contributed by atoms with van der Waals surface area (Å²) in [5.74, 6) is 4.24. The van der Waals surface area contributed by atoms with E-state index in [4.69, 9.17) is 0 Å². The van der Waals surface area contributed by atoms with Crippen LogP contribution in [0.25, 0.3) is 0 Å². The van der Waals surface area contributed by atoms with E-state index in [0.717, 1.165) is 38.1 Å². The molecule has 1 aromatic heterocycles. The topological polar surface area (TPSA) is 90.5 Å². The Labute approximate surface area is 252 Å². The van der Waals surface area contributed by atoms with Crippen LogP contribution in [0.3, 0.4) is 0 Å². The highest BCUT2D eigenvalue weighted by molar-refractivity contribution is 6.04. The SMILES string of the molecule is Cc1cc(F)c(C(=O)Nc2ccc(CN3CCN(C)CC3)c(C(F)(F)F)c2)cc1C#Cc1cnc(NC(=O)C2CC2)c(C)n1. The number of nitrogens with one attached hydrogen (secondary N) is 2. The van der Waals surface area contributed by atoms with Crippen molar-refractivity contribution in [3.05, 3.63) is 81.6 Å². The van der Waals surface area contributed by atoms with Gasteiger partial charge >= 0.3 is 6.18 Å². The second-order valence-electron chi connectivity index (χ2n) is 11.3. The van der Waals surface area contributed by atoms with Gasteiger partial charge in [-0.05, 0) is 75.0 Å². The third-order valence-corrected chi connectivity index (χ3v) is 7.68. The first kappa shape index (κ1) is 31.1. The third kappa shape index (κ3) is 7.59. The molecule has 8 nitrogen and oxygen atoms in total. The van der Waals surface area contributed by atoms with Crippen molar-refractivity contribution in [2.45, 2.75) is 39.4 Å². The number of halogens is 4. The van der Waals surface area contributed by atoms with Crippen molar-refractivity contribution in [1.82, 2.24) is 19.8 Å². The zero-order valence-electron chi connectivity index (χ0n) is 24.6. The van der Waals surface area contributed by atoms with Crippen LogP contribution in [0.5, 0.6) is 0 Å². The molecule has 12 heteroatoms. The molecule has 230 valence electrons. The maximum Gasteiger partial charge on any atom is 0.416 e. The highest BCUT2D eigenvalue weighted by Gasteiger charge is 2.34. The Kier molecular flexibility index (Phi) is 8.99. The smallest absolute Gasteiger partial charge is 0.322 e. The molecule has 1 saturated carbocycles. The average molecular weight is 609 g/mol. The van der Waals surface area contributed by atoms with Crippen molar-refractivity contribution >= 4 is 23.3 Å². The molecule has 2 N–H and O–H groups in total. The number of aryl methyl sites for hydroxylation is 2. The van der Waals surface area contributed by atoms with Gasteiger partial charge in [0.2, 0.25) is 5.91 Å². The number of aromatic nitrogens is 2. The summed E-state index contributed by atoms with van der Waals surface area (Å²) in [7, 11) is 1.97. The quantitative estimate of drug-likeness (QED) is 0.303. The van der Waals surface area contributed by atoms with Crippen LogP contribution in [0.15, 0.2) is 36.5 Å². The molecule has 3 aromatic rings. The van der Waals surface area contributed by atoms with Crippen molar-refractivity contribution in [2.75, 3.05) is 43.9 Å². The minimum absolute atomic E-state index is 0.0155. The first-order valence-electron chi connectivity index (χ1n) is 14.3. The molecule has 2 amide bonds. The van der Waals surface area contributed by atoms with E-state index in [9.17, 15) is 27.2 Å². The van der Waals surface area contributed by atoms with Gasteiger partial charge in [-0.15, -0.1) is 0 Å². The molecule has 1 aliphatic heterocycles. The molecule has 0 unspecified atom stereocenters. The van der Waals surface area contributed by atoms with Crippen LogP contribution in [-0.4, -0.2) is 64.8 Å². The summed E-state index contributed by atoms with van der Waals surface area (Å²) in [5, 5.41) is 5.16. The lowest BCUT2D eigenvalue weighted by molar-refractivity contribution is -0.138.